The molecule has 14 heteroatoms. The van der Waals surface area contributed by atoms with E-state index in [4.69, 9.17) is 25.2 Å². The second kappa shape index (κ2) is 13.0. The molecule has 3 aromatic heterocycles. The number of halogens is 3. The number of hydrogen-bond donors (Lipinski definition) is 2. The number of hydrogen-bond acceptors (Lipinski definition) is 9. The van der Waals surface area contributed by atoms with Gasteiger partial charge in [0.25, 0.3) is 5.92 Å². The molecular formula is C34H41F3N8O3. The van der Waals surface area contributed by atoms with Crippen molar-refractivity contribution in [1.82, 2.24) is 30.0 Å². The van der Waals surface area contributed by atoms with Crippen LogP contribution in [0, 0.1) is 24.6 Å². The fourth-order valence-electron chi connectivity index (χ4n) is 7.60. The molecule has 3 fully saturated rings. The smallest absolute Gasteiger partial charge is 0.404 e. The lowest BCUT2D eigenvalue weighted by molar-refractivity contribution is -0.0798. The van der Waals surface area contributed by atoms with Crippen molar-refractivity contribution < 1.29 is 27.4 Å². The van der Waals surface area contributed by atoms with Gasteiger partial charge in [-0.05, 0) is 74.0 Å². The molecule has 3 atom stereocenters. The first-order chi connectivity index (χ1) is 23.1. The average molecular weight is 667 g/mol. The van der Waals surface area contributed by atoms with Gasteiger partial charge in [-0.3, -0.25) is 15.0 Å². The number of fused-ring (bicyclic) bond motifs is 2. The predicted molar refractivity (Wildman–Crippen MR) is 175 cm³/mol. The molecule has 2 aliphatic heterocycles. The number of ether oxygens (including phenoxy) is 2. The zero-order valence-electron chi connectivity index (χ0n) is 27.3. The summed E-state index contributed by atoms with van der Waals surface area (Å²) in [4.78, 5) is 28.8. The van der Waals surface area contributed by atoms with E-state index >= 15 is 4.39 Å². The van der Waals surface area contributed by atoms with Crippen LogP contribution in [-0.4, -0.2) is 81.6 Å². The first-order valence-corrected chi connectivity index (χ1v) is 16.8. The maximum absolute atomic E-state index is 17.1. The summed E-state index contributed by atoms with van der Waals surface area (Å²) in [5.41, 5.74) is 8.70. The summed E-state index contributed by atoms with van der Waals surface area (Å²) in [5, 5.41) is 8.47. The number of alkyl halides is 2. The van der Waals surface area contributed by atoms with Gasteiger partial charge in [0.2, 0.25) is 0 Å². The van der Waals surface area contributed by atoms with Gasteiger partial charge in [0.05, 0.1) is 30.3 Å². The molecule has 1 aliphatic carbocycles. The van der Waals surface area contributed by atoms with Gasteiger partial charge in [-0.15, -0.1) is 0 Å². The molecule has 0 radical (unpaired) electrons. The minimum absolute atomic E-state index is 0.0595. The van der Waals surface area contributed by atoms with Crippen LogP contribution in [0.25, 0.3) is 33.1 Å². The number of anilines is 1. The van der Waals surface area contributed by atoms with Crippen molar-refractivity contribution >= 4 is 33.7 Å². The lowest BCUT2D eigenvalue weighted by atomic mass is 9.90. The quantitative estimate of drug-likeness (QED) is 0.200. The van der Waals surface area contributed by atoms with Gasteiger partial charge >= 0.3 is 12.1 Å². The van der Waals surface area contributed by atoms with Gasteiger partial charge in [0, 0.05) is 43.2 Å². The molecule has 1 amide bonds. The zero-order valence-corrected chi connectivity index (χ0v) is 27.3. The molecule has 4 aromatic rings. The number of carbonyl (C=O) groups is 1. The third-order valence-corrected chi connectivity index (χ3v) is 10.1. The van der Waals surface area contributed by atoms with Crippen LogP contribution in [0.1, 0.15) is 68.9 Å². The van der Waals surface area contributed by atoms with Gasteiger partial charge in [0.15, 0.2) is 5.82 Å². The number of H-pyrrole nitrogens is 1. The van der Waals surface area contributed by atoms with Crippen LogP contribution in [-0.2, 0) is 4.74 Å². The predicted octanol–water partition coefficient (Wildman–Crippen LogP) is 6.30. The SMILES string of the molecule is CC[C@@H]1CCCN(c2nc(OCN3CCCC(F)(F)C3)nc3c(F)c(-c4c([C@H]5C[C@H]5CCOC(N)=O)c(C)cc5[nH]ncc45)ncc23)C1. The largest absolute Gasteiger partial charge is 0.450 e. The standard InChI is InChI=1S/C34H41F3N8O3/c1-3-20-6-4-10-45(16-20)31-24-14-39-30(28(35)29(24)41-33(42-31)48-18-44-9-5-8-34(36,37)17-44)27-23-15-40-43-25(23)12-19(2)26(27)22-13-21(22)7-11-47-32(38)46/h12,14-15,20-22H,3-11,13,16-18H2,1-2H3,(H2,38,46)(H,40,43)/t20-,21-,22+/m1/s1. The van der Waals surface area contributed by atoms with Crippen LogP contribution in [0.3, 0.4) is 0 Å². The maximum Gasteiger partial charge on any atom is 0.404 e. The number of rotatable bonds is 10. The van der Waals surface area contributed by atoms with Crippen molar-refractivity contribution in [2.24, 2.45) is 17.6 Å². The normalized spacial score (nSPS) is 22.7. The highest BCUT2D eigenvalue weighted by atomic mass is 19.3. The van der Waals surface area contributed by atoms with Gasteiger partial charge in [0.1, 0.15) is 23.8 Å². The number of nitrogens with zero attached hydrogens (tertiary/aromatic N) is 6. The molecule has 1 saturated carbocycles. The minimum atomic E-state index is -2.79. The van der Waals surface area contributed by atoms with E-state index in [-0.39, 0.29) is 48.8 Å². The van der Waals surface area contributed by atoms with Crippen molar-refractivity contribution in [2.45, 2.75) is 70.6 Å². The Morgan fingerprint density at radius 3 is 2.83 bits per heavy atom. The van der Waals surface area contributed by atoms with Crippen molar-refractivity contribution in [1.29, 1.82) is 0 Å². The maximum atomic E-state index is 17.1. The highest BCUT2D eigenvalue weighted by Crippen LogP contribution is 2.54. The molecule has 7 rings (SSSR count). The summed E-state index contributed by atoms with van der Waals surface area (Å²) in [7, 11) is 0. The van der Waals surface area contributed by atoms with E-state index in [0.29, 0.717) is 42.1 Å². The molecule has 11 nitrogen and oxygen atoms in total. The molecule has 1 aromatic carbocycles. The van der Waals surface area contributed by atoms with Gasteiger partial charge in [-0.1, -0.05) is 13.3 Å². The first kappa shape index (κ1) is 32.4. The Balaban J connectivity index is 1.31. The topological polar surface area (TPSA) is 135 Å². The van der Waals surface area contributed by atoms with Crippen molar-refractivity contribution in [2.75, 3.05) is 44.4 Å². The molecule has 0 spiro atoms. The lowest BCUT2D eigenvalue weighted by Crippen LogP contribution is -2.44. The van der Waals surface area contributed by atoms with Crippen LogP contribution in [0.2, 0.25) is 0 Å². The molecular weight excluding hydrogens is 625 g/mol. The Bertz CT molecular complexity index is 1830. The van der Waals surface area contributed by atoms with E-state index in [1.165, 1.54) is 4.90 Å². The Labute approximate surface area is 276 Å². The third kappa shape index (κ3) is 6.46. The Morgan fingerprint density at radius 2 is 2.04 bits per heavy atom. The Morgan fingerprint density at radius 1 is 1.19 bits per heavy atom. The molecule has 0 bridgehead atoms. The second-order valence-electron chi connectivity index (χ2n) is 13.5. The number of benzene rings is 1. The van der Waals surface area contributed by atoms with Crippen LogP contribution < -0.4 is 15.4 Å². The van der Waals surface area contributed by atoms with Crippen molar-refractivity contribution in [3.63, 3.8) is 0 Å². The number of pyridine rings is 1. The highest BCUT2D eigenvalue weighted by molar-refractivity contribution is 6.00. The monoisotopic (exact) mass is 666 g/mol. The lowest BCUT2D eigenvalue weighted by Gasteiger charge is -2.34. The molecule has 48 heavy (non-hydrogen) atoms. The number of aryl methyl sites for hydroxylation is 1. The summed E-state index contributed by atoms with van der Waals surface area (Å²) in [6.45, 7) is 5.79. The number of carbonyl (C=O) groups excluding carboxylic acids is 1. The third-order valence-electron chi connectivity index (χ3n) is 10.1. The number of primary amides is 1. The number of amides is 1. The summed E-state index contributed by atoms with van der Waals surface area (Å²) in [6, 6.07) is 1.95. The number of aromatic nitrogens is 5. The first-order valence-electron chi connectivity index (χ1n) is 16.8. The van der Waals surface area contributed by atoms with E-state index in [9.17, 15) is 13.6 Å². The summed E-state index contributed by atoms with van der Waals surface area (Å²) in [6.07, 6.45) is 7.29. The van der Waals surface area contributed by atoms with Gasteiger partial charge < -0.3 is 20.1 Å². The van der Waals surface area contributed by atoms with Crippen molar-refractivity contribution in [3.8, 4) is 17.3 Å². The number of nitrogens with one attached hydrogen (secondary N) is 1. The van der Waals surface area contributed by atoms with E-state index in [1.54, 1.807) is 12.4 Å². The fraction of sp³-hybridized carbons (Fsp3) is 0.559. The molecule has 3 aliphatic rings. The van der Waals surface area contributed by atoms with E-state index in [2.05, 4.69) is 27.0 Å². The summed E-state index contributed by atoms with van der Waals surface area (Å²) >= 11 is 0. The zero-order chi connectivity index (χ0) is 33.6. The van der Waals surface area contributed by atoms with Crippen LogP contribution >= 0.6 is 0 Å². The molecule has 256 valence electrons. The Hall–Kier alpha value is -4.20. The molecule has 5 heterocycles. The number of likely N-dealkylation sites (tertiary alicyclic amines) is 1. The second-order valence-corrected chi connectivity index (χ2v) is 13.5. The number of aromatic amines is 1. The molecule has 2 saturated heterocycles. The minimum Gasteiger partial charge on any atom is -0.450 e. The highest BCUT2D eigenvalue weighted by Gasteiger charge is 2.42. The number of nitrogens with two attached hydrogens (primary N) is 1. The van der Waals surface area contributed by atoms with Gasteiger partial charge in [-0.25, -0.2) is 18.0 Å². The molecule has 3 N–H and O–H groups in total. The van der Waals surface area contributed by atoms with Crippen LogP contribution in [0.15, 0.2) is 18.5 Å². The molecule has 0 unspecified atom stereocenters. The summed E-state index contributed by atoms with van der Waals surface area (Å²) < 4.78 is 56.3. The average Bonchev–Trinajstić information content (AvgIpc) is 3.66. The van der Waals surface area contributed by atoms with E-state index in [1.807, 2.05) is 13.0 Å². The Kier molecular flexibility index (Phi) is 8.77. The van der Waals surface area contributed by atoms with Crippen LogP contribution in [0.5, 0.6) is 6.01 Å². The van der Waals surface area contributed by atoms with E-state index < -0.39 is 24.4 Å². The van der Waals surface area contributed by atoms with Crippen molar-refractivity contribution in [3.05, 3.63) is 35.4 Å². The number of piperidine rings is 2. The summed E-state index contributed by atoms with van der Waals surface area (Å²) in [5.74, 6) is -2.06. The fourth-order valence-corrected chi connectivity index (χ4v) is 7.60. The van der Waals surface area contributed by atoms with E-state index in [0.717, 1.165) is 60.8 Å². The van der Waals surface area contributed by atoms with Gasteiger partial charge in [-0.2, -0.15) is 15.1 Å². The van der Waals surface area contributed by atoms with Crippen LogP contribution in [0.4, 0.5) is 23.8 Å².